The predicted molar refractivity (Wildman–Crippen MR) is 116 cm³/mol. The Bertz CT molecular complexity index is 1050. The van der Waals surface area contributed by atoms with Crippen LogP contribution in [-0.2, 0) is 15.1 Å². The predicted octanol–water partition coefficient (Wildman–Crippen LogP) is 2.71. The van der Waals surface area contributed by atoms with Crippen LogP contribution in [-0.4, -0.2) is 53.2 Å². The third-order valence-electron chi connectivity index (χ3n) is 5.44. The molecule has 1 aliphatic rings. The molecule has 32 heavy (non-hydrogen) atoms. The van der Waals surface area contributed by atoms with Crippen molar-refractivity contribution < 1.29 is 23.6 Å². The summed E-state index contributed by atoms with van der Waals surface area (Å²) in [6.07, 6.45) is 0. The second-order valence-corrected chi connectivity index (χ2v) is 7.56. The monoisotopic (exact) mass is 440 g/mol. The van der Waals surface area contributed by atoms with Crippen molar-refractivity contribution >= 4 is 29.4 Å². The van der Waals surface area contributed by atoms with Crippen molar-refractivity contribution in [3.8, 4) is 0 Å². The fraction of sp³-hybridized carbons (Fsp3) is 0.304. The van der Waals surface area contributed by atoms with Crippen LogP contribution in [0.15, 0.2) is 48.5 Å². The molecule has 3 rings (SSSR count). The Balaban J connectivity index is 1.71. The van der Waals surface area contributed by atoms with Gasteiger partial charge in [0, 0.05) is 24.3 Å². The lowest BCUT2D eigenvalue weighted by Gasteiger charge is -2.22. The maximum Gasteiger partial charge on any atom is 0.325 e. The fourth-order valence-corrected chi connectivity index (χ4v) is 3.59. The number of urea groups is 1. The molecule has 8 nitrogen and oxygen atoms in total. The Labute approximate surface area is 185 Å². The molecule has 0 unspecified atom stereocenters. The molecular formula is C23H25FN4O4. The summed E-state index contributed by atoms with van der Waals surface area (Å²) in [5.74, 6) is -1.83. The molecule has 1 aliphatic heterocycles. The van der Waals surface area contributed by atoms with Crippen molar-refractivity contribution in [2.75, 3.05) is 25.0 Å². The molecule has 9 heteroatoms. The molecule has 0 aliphatic carbocycles. The van der Waals surface area contributed by atoms with Crippen LogP contribution >= 0.6 is 0 Å². The van der Waals surface area contributed by atoms with Gasteiger partial charge < -0.3 is 15.5 Å². The molecule has 0 saturated carbocycles. The van der Waals surface area contributed by atoms with Gasteiger partial charge in [-0.2, -0.15) is 0 Å². The van der Waals surface area contributed by atoms with E-state index in [1.807, 2.05) is 13.8 Å². The van der Waals surface area contributed by atoms with Gasteiger partial charge in [0.15, 0.2) is 0 Å². The number of hydrogen-bond donors (Lipinski definition) is 2. The quantitative estimate of drug-likeness (QED) is 0.647. The molecule has 2 aromatic carbocycles. The number of carbonyl (C=O) groups is 4. The van der Waals surface area contributed by atoms with Gasteiger partial charge in [-0.25, -0.2) is 9.18 Å². The maximum absolute atomic E-state index is 13.2. The van der Waals surface area contributed by atoms with Crippen molar-refractivity contribution in [3.05, 3.63) is 65.5 Å². The standard InChI is InChI=1S/C23H25FN4O4/c1-4-27(5-2)20(30)15-7-6-8-18(13-15)25-19(29)14-28-21(31)23(3,26-22(28)32)16-9-11-17(24)12-10-16/h6-13H,4-5,14H2,1-3H3,(H,25,29)(H,26,32)/t23-/m0/s1. The molecule has 2 N–H and O–H groups in total. The fourth-order valence-electron chi connectivity index (χ4n) is 3.59. The van der Waals surface area contributed by atoms with E-state index in [0.717, 1.165) is 4.90 Å². The molecule has 5 amide bonds. The zero-order valence-electron chi connectivity index (χ0n) is 18.1. The average molecular weight is 440 g/mol. The molecular weight excluding hydrogens is 415 g/mol. The Kier molecular flexibility index (Phi) is 6.57. The van der Waals surface area contributed by atoms with E-state index in [4.69, 9.17) is 0 Å². The van der Waals surface area contributed by atoms with E-state index < -0.39 is 35.7 Å². The summed E-state index contributed by atoms with van der Waals surface area (Å²) in [6.45, 7) is 5.88. The molecule has 0 aromatic heterocycles. The first kappa shape index (κ1) is 22.9. The molecule has 0 radical (unpaired) electrons. The van der Waals surface area contributed by atoms with Crippen LogP contribution in [0.1, 0.15) is 36.7 Å². The summed E-state index contributed by atoms with van der Waals surface area (Å²) >= 11 is 0. The highest BCUT2D eigenvalue weighted by Gasteiger charge is 2.49. The summed E-state index contributed by atoms with van der Waals surface area (Å²) in [4.78, 5) is 52.9. The number of nitrogens with one attached hydrogen (secondary N) is 2. The normalized spacial score (nSPS) is 17.8. The number of nitrogens with zero attached hydrogens (tertiary/aromatic N) is 2. The third-order valence-corrected chi connectivity index (χ3v) is 5.44. The van der Waals surface area contributed by atoms with E-state index in [0.29, 0.717) is 29.9 Å². The number of rotatable bonds is 7. The van der Waals surface area contributed by atoms with Crippen LogP contribution < -0.4 is 10.6 Å². The number of halogens is 1. The van der Waals surface area contributed by atoms with Crippen LogP contribution in [0.5, 0.6) is 0 Å². The molecule has 1 atom stereocenters. The molecule has 0 spiro atoms. The van der Waals surface area contributed by atoms with Gasteiger partial charge in [0.05, 0.1) is 0 Å². The SMILES string of the molecule is CCN(CC)C(=O)c1cccc(NC(=O)CN2C(=O)N[C@@](C)(c3ccc(F)cc3)C2=O)c1. The Morgan fingerprint density at radius 1 is 1.09 bits per heavy atom. The van der Waals surface area contributed by atoms with Gasteiger partial charge in [0.2, 0.25) is 5.91 Å². The molecule has 1 heterocycles. The Morgan fingerprint density at radius 3 is 2.38 bits per heavy atom. The zero-order valence-corrected chi connectivity index (χ0v) is 18.1. The Morgan fingerprint density at radius 2 is 1.75 bits per heavy atom. The van der Waals surface area contributed by atoms with Crippen molar-refractivity contribution in [1.29, 1.82) is 0 Å². The third kappa shape index (κ3) is 4.46. The number of imide groups is 1. The average Bonchev–Trinajstić information content (AvgIpc) is 2.99. The highest BCUT2D eigenvalue weighted by atomic mass is 19.1. The largest absolute Gasteiger partial charge is 0.339 e. The van der Waals surface area contributed by atoms with Crippen molar-refractivity contribution in [3.63, 3.8) is 0 Å². The lowest BCUT2D eigenvalue weighted by atomic mass is 9.92. The second kappa shape index (κ2) is 9.17. The molecule has 1 saturated heterocycles. The van der Waals surface area contributed by atoms with E-state index >= 15 is 0 Å². The van der Waals surface area contributed by atoms with E-state index in [-0.39, 0.29) is 5.91 Å². The first-order valence-corrected chi connectivity index (χ1v) is 10.3. The number of anilines is 1. The molecule has 1 fully saturated rings. The van der Waals surface area contributed by atoms with Crippen LogP contribution in [0.2, 0.25) is 0 Å². The van der Waals surface area contributed by atoms with Gasteiger partial charge in [-0.05, 0) is 56.7 Å². The van der Waals surface area contributed by atoms with Crippen molar-refractivity contribution in [2.45, 2.75) is 26.3 Å². The first-order valence-electron chi connectivity index (χ1n) is 10.3. The van der Waals surface area contributed by atoms with E-state index in [9.17, 15) is 23.6 Å². The van der Waals surface area contributed by atoms with E-state index in [1.165, 1.54) is 31.2 Å². The topological polar surface area (TPSA) is 98.8 Å². The van der Waals surface area contributed by atoms with E-state index in [2.05, 4.69) is 10.6 Å². The maximum atomic E-state index is 13.2. The minimum atomic E-state index is -1.40. The van der Waals surface area contributed by atoms with Gasteiger partial charge in [0.1, 0.15) is 17.9 Å². The number of amides is 5. The summed E-state index contributed by atoms with van der Waals surface area (Å²) in [5.41, 5.74) is -0.198. The molecule has 2 aromatic rings. The smallest absolute Gasteiger partial charge is 0.325 e. The lowest BCUT2D eigenvalue weighted by Crippen LogP contribution is -2.42. The minimum Gasteiger partial charge on any atom is -0.339 e. The van der Waals surface area contributed by atoms with Crippen LogP contribution in [0.25, 0.3) is 0 Å². The Hall–Kier alpha value is -3.75. The lowest BCUT2D eigenvalue weighted by molar-refractivity contribution is -0.133. The minimum absolute atomic E-state index is 0.157. The molecule has 168 valence electrons. The van der Waals surface area contributed by atoms with Crippen molar-refractivity contribution in [2.24, 2.45) is 0 Å². The summed E-state index contributed by atoms with van der Waals surface area (Å²) < 4.78 is 13.2. The highest BCUT2D eigenvalue weighted by Crippen LogP contribution is 2.29. The summed E-state index contributed by atoms with van der Waals surface area (Å²) in [6, 6.07) is 11.0. The summed E-state index contributed by atoms with van der Waals surface area (Å²) in [5, 5.41) is 5.19. The van der Waals surface area contributed by atoms with Gasteiger partial charge in [-0.1, -0.05) is 18.2 Å². The van der Waals surface area contributed by atoms with Crippen molar-refractivity contribution in [1.82, 2.24) is 15.1 Å². The van der Waals surface area contributed by atoms with Gasteiger partial charge in [0.25, 0.3) is 11.8 Å². The van der Waals surface area contributed by atoms with Crippen LogP contribution in [0.4, 0.5) is 14.9 Å². The van der Waals surface area contributed by atoms with Crippen LogP contribution in [0, 0.1) is 5.82 Å². The first-order chi connectivity index (χ1) is 15.2. The summed E-state index contributed by atoms with van der Waals surface area (Å²) in [7, 11) is 0. The number of benzene rings is 2. The van der Waals surface area contributed by atoms with Crippen LogP contribution in [0.3, 0.4) is 0 Å². The van der Waals surface area contributed by atoms with Gasteiger partial charge in [-0.3, -0.25) is 19.3 Å². The van der Waals surface area contributed by atoms with E-state index in [1.54, 1.807) is 29.2 Å². The molecule has 0 bridgehead atoms. The zero-order chi connectivity index (χ0) is 23.5. The van der Waals surface area contributed by atoms with Gasteiger partial charge in [-0.15, -0.1) is 0 Å². The second-order valence-electron chi connectivity index (χ2n) is 7.56. The highest BCUT2D eigenvalue weighted by molar-refractivity contribution is 6.10. The number of hydrogen-bond acceptors (Lipinski definition) is 4. The number of carbonyl (C=O) groups excluding carboxylic acids is 4. The van der Waals surface area contributed by atoms with Gasteiger partial charge >= 0.3 is 6.03 Å².